The number of halogens is 3. The molecule has 1 saturated carbocycles. The van der Waals surface area contributed by atoms with E-state index in [1.165, 1.54) is 12.1 Å². The summed E-state index contributed by atoms with van der Waals surface area (Å²) in [6.07, 6.45) is -0.877. The van der Waals surface area contributed by atoms with Gasteiger partial charge < -0.3 is 10.4 Å². The lowest BCUT2D eigenvalue weighted by Gasteiger charge is -2.35. The monoisotopic (exact) mass is 293 g/mol. The van der Waals surface area contributed by atoms with Crippen molar-refractivity contribution in [3.63, 3.8) is 0 Å². The van der Waals surface area contributed by atoms with Crippen LogP contribution < -0.4 is 5.32 Å². The summed E-state index contributed by atoms with van der Waals surface area (Å²) >= 11 is 0.701. The van der Waals surface area contributed by atoms with Crippen LogP contribution in [0, 0.1) is 5.13 Å². The molecule has 3 nitrogen and oxygen atoms in total. The third-order valence-corrected chi connectivity index (χ3v) is 4.16. The van der Waals surface area contributed by atoms with E-state index in [-0.39, 0.29) is 37.1 Å². The van der Waals surface area contributed by atoms with E-state index in [0.717, 1.165) is 0 Å². The minimum atomic E-state index is -2.73. The molecule has 0 bridgehead atoms. The number of aliphatic hydroxyl groups is 1. The quantitative estimate of drug-likeness (QED) is 0.900. The topological polar surface area (TPSA) is 49.3 Å². The molecule has 2 rings (SSSR count). The molecule has 0 aliphatic heterocycles. The third kappa shape index (κ3) is 3.70. The van der Waals surface area contributed by atoms with Crippen LogP contribution in [-0.4, -0.2) is 29.1 Å². The van der Waals surface area contributed by atoms with Gasteiger partial charge in [0.15, 0.2) is 5.13 Å². The molecular weight excluding hydrogens is 279 g/mol. The van der Waals surface area contributed by atoms with Crippen molar-refractivity contribution >= 4 is 17.2 Å². The van der Waals surface area contributed by atoms with Gasteiger partial charge in [0, 0.05) is 19.4 Å². The Morgan fingerprint density at radius 3 is 2.47 bits per heavy atom. The van der Waals surface area contributed by atoms with Gasteiger partial charge in [0.1, 0.15) is 0 Å². The second kappa shape index (κ2) is 5.13. The van der Waals surface area contributed by atoms with Crippen molar-refractivity contribution in [2.24, 2.45) is 0 Å². The SMILES string of the molecule is O=C(NCC1(O)CCC(F)(F)CC1)c1ccc(F)s1. The fourth-order valence-corrected chi connectivity index (χ4v) is 2.67. The molecule has 0 saturated heterocycles. The fourth-order valence-electron chi connectivity index (χ4n) is 2.03. The summed E-state index contributed by atoms with van der Waals surface area (Å²) in [6.45, 7) is -0.0958. The maximum atomic E-state index is 13.0. The van der Waals surface area contributed by atoms with Crippen molar-refractivity contribution in [3.8, 4) is 0 Å². The van der Waals surface area contributed by atoms with Crippen LogP contribution in [0.1, 0.15) is 35.4 Å². The van der Waals surface area contributed by atoms with E-state index in [1.54, 1.807) is 0 Å². The second-order valence-electron chi connectivity index (χ2n) is 4.87. The number of hydrogen-bond acceptors (Lipinski definition) is 3. The van der Waals surface area contributed by atoms with Crippen molar-refractivity contribution < 1.29 is 23.1 Å². The highest BCUT2D eigenvalue weighted by atomic mass is 32.1. The Morgan fingerprint density at radius 1 is 1.32 bits per heavy atom. The van der Waals surface area contributed by atoms with Gasteiger partial charge in [0.2, 0.25) is 5.92 Å². The van der Waals surface area contributed by atoms with Gasteiger partial charge in [-0.25, -0.2) is 8.78 Å². The van der Waals surface area contributed by atoms with Crippen LogP contribution in [0.5, 0.6) is 0 Å². The molecule has 1 fully saturated rings. The first-order valence-corrected chi connectivity index (χ1v) is 6.75. The lowest BCUT2D eigenvalue weighted by Crippen LogP contribution is -2.47. The lowest BCUT2D eigenvalue weighted by molar-refractivity contribution is -0.101. The van der Waals surface area contributed by atoms with Gasteiger partial charge in [-0.3, -0.25) is 4.79 Å². The minimum absolute atomic E-state index is 0.0565. The highest BCUT2D eigenvalue weighted by molar-refractivity contribution is 7.12. The smallest absolute Gasteiger partial charge is 0.261 e. The zero-order chi connectivity index (χ0) is 14.1. The standard InChI is InChI=1S/C12H14F3NO2S/c13-9-2-1-8(19-9)10(17)16-7-11(18)3-5-12(14,15)6-4-11/h1-2,18H,3-7H2,(H,16,17). The predicted octanol–water partition coefficient (Wildman–Crippen LogP) is 2.56. The van der Waals surface area contributed by atoms with E-state index in [1.807, 2.05) is 0 Å². The maximum Gasteiger partial charge on any atom is 0.261 e. The van der Waals surface area contributed by atoms with Crippen molar-refractivity contribution in [2.45, 2.75) is 37.2 Å². The Bertz CT molecular complexity index is 465. The molecule has 1 aromatic heterocycles. The van der Waals surface area contributed by atoms with Crippen molar-refractivity contribution in [1.29, 1.82) is 0 Å². The van der Waals surface area contributed by atoms with Gasteiger partial charge in [-0.15, -0.1) is 11.3 Å². The van der Waals surface area contributed by atoms with E-state index >= 15 is 0 Å². The van der Waals surface area contributed by atoms with Crippen LogP contribution in [0.2, 0.25) is 0 Å². The average Bonchev–Trinajstić information content (AvgIpc) is 2.78. The molecular formula is C12H14F3NO2S. The number of amides is 1. The summed E-state index contributed by atoms with van der Waals surface area (Å²) in [6, 6.07) is 2.52. The summed E-state index contributed by atoms with van der Waals surface area (Å²) < 4.78 is 38.7. The van der Waals surface area contributed by atoms with Crippen LogP contribution in [-0.2, 0) is 0 Å². The molecule has 106 valence electrons. The molecule has 0 aromatic carbocycles. The maximum absolute atomic E-state index is 13.0. The first-order valence-electron chi connectivity index (χ1n) is 5.93. The van der Waals surface area contributed by atoms with Crippen LogP contribution in [0.15, 0.2) is 12.1 Å². The number of carbonyl (C=O) groups excluding carboxylic acids is 1. The van der Waals surface area contributed by atoms with Gasteiger partial charge in [0.25, 0.3) is 5.91 Å². The Kier molecular flexibility index (Phi) is 3.87. The number of rotatable bonds is 3. The molecule has 7 heteroatoms. The molecule has 19 heavy (non-hydrogen) atoms. The molecule has 2 N–H and O–H groups in total. The van der Waals surface area contributed by atoms with Gasteiger partial charge in [-0.2, -0.15) is 4.39 Å². The highest BCUT2D eigenvalue weighted by Crippen LogP contribution is 2.38. The summed E-state index contributed by atoms with van der Waals surface area (Å²) in [5, 5.41) is 12.1. The molecule has 0 radical (unpaired) electrons. The molecule has 1 heterocycles. The molecule has 1 amide bonds. The molecule has 0 unspecified atom stereocenters. The number of hydrogen-bond donors (Lipinski definition) is 2. The van der Waals surface area contributed by atoms with Gasteiger partial charge in [0.05, 0.1) is 10.5 Å². The van der Waals surface area contributed by atoms with Gasteiger partial charge in [-0.05, 0) is 25.0 Å². The first kappa shape index (κ1) is 14.3. The van der Waals surface area contributed by atoms with Crippen molar-refractivity contribution in [3.05, 3.63) is 22.1 Å². The van der Waals surface area contributed by atoms with Crippen molar-refractivity contribution in [1.82, 2.24) is 5.32 Å². The van der Waals surface area contributed by atoms with Crippen LogP contribution >= 0.6 is 11.3 Å². The Morgan fingerprint density at radius 2 is 1.95 bits per heavy atom. The van der Waals surface area contributed by atoms with Crippen LogP contribution in [0.3, 0.4) is 0 Å². The van der Waals surface area contributed by atoms with Gasteiger partial charge in [-0.1, -0.05) is 0 Å². The molecule has 0 spiro atoms. The Hall–Kier alpha value is -1.08. The van der Waals surface area contributed by atoms with Crippen molar-refractivity contribution in [2.75, 3.05) is 6.54 Å². The van der Waals surface area contributed by atoms with E-state index in [0.29, 0.717) is 11.3 Å². The average molecular weight is 293 g/mol. The zero-order valence-electron chi connectivity index (χ0n) is 10.1. The summed E-state index contributed by atoms with van der Waals surface area (Å²) in [4.78, 5) is 11.8. The fraction of sp³-hybridized carbons (Fsp3) is 0.583. The highest BCUT2D eigenvalue weighted by Gasteiger charge is 2.42. The van der Waals surface area contributed by atoms with E-state index in [4.69, 9.17) is 0 Å². The summed E-state index contributed by atoms with van der Waals surface area (Å²) in [5.74, 6) is -3.23. The first-order chi connectivity index (χ1) is 8.80. The van der Waals surface area contributed by atoms with Crippen LogP contribution in [0.4, 0.5) is 13.2 Å². The molecule has 0 atom stereocenters. The molecule has 1 aromatic rings. The largest absolute Gasteiger partial charge is 0.388 e. The molecule has 1 aliphatic carbocycles. The Labute approximate surface area is 112 Å². The van der Waals surface area contributed by atoms with E-state index in [2.05, 4.69) is 5.32 Å². The number of nitrogens with one attached hydrogen (secondary N) is 1. The van der Waals surface area contributed by atoms with Gasteiger partial charge >= 0.3 is 0 Å². The number of thiophene rings is 1. The number of carbonyl (C=O) groups is 1. The predicted molar refractivity (Wildman–Crippen MR) is 65.0 cm³/mol. The molecule has 1 aliphatic rings. The summed E-state index contributed by atoms with van der Waals surface area (Å²) in [7, 11) is 0. The minimum Gasteiger partial charge on any atom is -0.388 e. The van der Waals surface area contributed by atoms with E-state index < -0.39 is 22.6 Å². The summed E-state index contributed by atoms with van der Waals surface area (Å²) in [5.41, 5.74) is -1.30. The normalized spacial score (nSPS) is 21.1. The Balaban J connectivity index is 1.87. The zero-order valence-corrected chi connectivity index (χ0v) is 10.9. The third-order valence-electron chi connectivity index (χ3n) is 3.29. The van der Waals surface area contributed by atoms with Crippen LogP contribution in [0.25, 0.3) is 0 Å². The number of alkyl halides is 2. The second-order valence-corrected chi connectivity index (χ2v) is 5.90. The van der Waals surface area contributed by atoms with E-state index in [9.17, 15) is 23.1 Å². The lowest BCUT2D eigenvalue weighted by atomic mass is 9.83.